The Balaban J connectivity index is -0.000000267. The lowest BCUT2D eigenvalue weighted by Gasteiger charge is -2.38. The summed E-state index contributed by atoms with van der Waals surface area (Å²) in [6.07, 6.45) is 14.6. The standard InChI is InChI=1S/C10H20.C10H22.C9H18.2C8H18.C7H16/c1-10(2,3)9-7-5-4-6-8-9;1-8(9(2,3)4)10(5,6)7;1-9(2,3)8-6-4-5-7-8;1-7(2,3)8(4,5)6;1-6-7(2)8(3,4)5;1-6(2)7(3,4)5/h9H,4-8H2,1-3H3;8H,1-7H3;8H,4-7H2,1-3H3;1-6H3;7H,6H2,1-5H3;6H,1-5H3. The highest BCUT2D eigenvalue weighted by Crippen LogP contribution is 2.40. The van der Waals surface area contributed by atoms with Crippen LogP contribution in [0.25, 0.3) is 0 Å². The topological polar surface area (TPSA) is 0 Å². The van der Waals surface area contributed by atoms with Crippen molar-refractivity contribution in [2.24, 2.45) is 72.9 Å². The van der Waals surface area contributed by atoms with Gasteiger partial charge in [-0.15, -0.1) is 0 Å². The van der Waals surface area contributed by atoms with Gasteiger partial charge in [0.15, 0.2) is 0 Å². The van der Waals surface area contributed by atoms with Crippen LogP contribution in [0.1, 0.15) is 265 Å². The third kappa shape index (κ3) is 31.2. The molecule has 0 heteroatoms. The first-order chi connectivity index (χ1) is 22.5. The molecule has 0 nitrogen and oxygen atoms in total. The highest BCUT2D eigenvalue weighted by atomic mass is 14.4. The van der Waals surface area contributed by atoms with Gasteiger partial charge in [-0.2, -0.15) is 0 Å². The van der Waals surface area contributed by atoms with Gasteiger partial charge in [0.1, 0.15) is 0 Å². The van der Waals surface area contributed by atoms with Gasteiger partial charge in [0, 0.05) is 0 Å². The minimum absolute atomic E-state index is 0.437. The Bertz CT molecular complexity index is 788. The molecule has 1 atom stereocenters. The first kappa shape index (κ1) is 58.7. The minimum Gasteiger partial charge on any atom is -0.0651 e. The summed E-state index contributed by atoms with van der Waals surface area (Å²) in [5.74, 6) is 4.42. The van der Waals surface area contributed by atoms with Gasteiger partial charge in [0.2, 0.25) is 0 Å². The van der Waals surface area contributed by atoms with Gasteiger partial charge >= 0.3 is 0 Å². The molecule has 0 aromatic rings. The van der Waals surface area contributed by atoms with Crippen LogP contribution >= 0.6 is 0 Å². The fourth-order valence-electron chi connectivity index (χ4n) is 5.67. The van der Waals surface area contributed by atoms with E-state index in [0.29, 0.717) is 43.3 Å². The average molecular weight is 737 g/mol. The van der Waals surface area contributed by atoms with E-state index in [1.54, 1.807) is 0 Å². The Hall–Kier alpha value is 0. The monoisotopic (exact) mass is 737 g/mol. The van der Waals surface area contributed by atoms with Crippen molar-refractivity contribution in [1.82, 2.24) is 0 Å². The van der Waals surface area contributed by atoms with Crippen molar-refractivity contribution < 1.29 is 0 Å². The molecule has 2 aliphatic carbocycles. The van der Waals surface area contributed by atoms with Crippen LogP contribution in [0.3, 0.4) is 0 Å². The van der Waals surface area contributed by atoms with Crippen molar-refractivity contribution in [2.45, 2.75) is 265 Å². The molecule has 0 bridgehead atoms. The first-order valence-corrected chi connectivity index (χ1v) is 22.5. The Labute approximate surface area is 336 Å². The van der Waals surface area contributed by atoms with E-state index in [4.69, 9.17) is 0 Å². The molecule has 0 aliphatic heterocycles. The molecule has 2 fully saturated rings. The minimum atomic E-state index is 0.437. The van der Waals surface area contributed by atoms with Crippen molar-refractivity contribution in [2.75, 3.05) is 0 Å². The number of rotatable bonds is 1. The molecule has 2 rings (SSSR count). The van der Waals surface area contributed by atoms with Crippen LogP contribution in [0, 0.1) is 72.9 Å². The van der Waals surface area contributed by atoms with Crippen molar-refractivity contribution in [3.63, 3.8) is 0 Å². The molecule has 0 aromatic heterocycles. The van der Waals surface area contributed by atoms with Crippen LogP contribution < -0.4 is 0 Å². The predicted molar refractivity (Wildman–Crippen MR) is 248 cm³/mol. The summed E-state index contributed by atoms with van der Waals surface area (Å²) < 4.78 is 0. The zero-order valence-electron chi connectivity index (χ0n) is 43.0. The predicted octanol–water partition coefficient (Wildman–Crippen LogP) is 19.4. The van der Waals surface area contributed by atoms with Crippen molar-refractivity contribution in [3.05, 3.63) is 0 Å². The Kier molecular flexibility index (Phi) is 27.0. The van der Waals surface area contributed by atoms with Gasteiger partial charge in [-0.25, -0.2) is 0 Å². The van der Waals surface area contributed by atoms with Gasteiger partial charge in [0.25, 0.3) is 0 Å². The van der Waals surface area contributed by atoms with E-state index in [0.717, 1.165) is 29.6 Å². The zero-order valence-corrected chi connectivity index (χ0v) is 43.0. The molecule has 320 valence electrons. The lowest BCUT2D eigenvalue weighted by molar-refractivity contribution is 0.121. The number of hydrogen-bond donors (Lipinski definition) is 0. The second-order valence-electron chi connectivity index (χ2n) is 26.2. The van der Waals surface area contributed by atoms with Crippen LogP contribution in [-0.4, -0.2) is 0 Å². The largest absolute Gasteiger partial charge is 0.0651 e. The van der Waals surface area contributed by atoms with E-state index in [-0.39, 0.29) is 0 Å². The zero-order chi connectivity index (χ0) is 43.0. The van der Waals surface area contributed by atoms with Crippen molar-refractivity contribution >= 4 is 0 Å². The third-order valence-electron chi connectivity index (χ3n) is 14.1. The molecule has 0 heterocycles. The summed E-state index contributed by atoms with van der Waals surface area (Å²) in [6.45, 7) is 66.7. The molecule has 52 heavy (non-hydrogen) atoms. The van der Waals surface area contributed by atoms with Crippen molar-refractivity contribution in [1.29, 1.82) is 0 Å². The molecular formula is C52H112. The first-order valence-electron chi connectivity index (χ1n) is 22.5. The smallest absolute Gasteiger partial charge is 0.0334 e. The average Bonchev–Trinajstić information content (AvgIpc) is 3.47. The molecule has 0 amide bonds. The fraction of sp³-hybridized carbons (Fsp3) is 1.00. The second kappa shape index (κ2) is 23.9. The van der Waals surface area contributed by atoms with E-state index in [9.17, 15) is 0 Å². The van der Waals surface area contributed by atoms with Crippen molar-refractivity contribution in [3.8, 4) is 0 Å². The normalized spacial score (nSPS) is 17.6. The molecule has 0 radical (unpaired) electrons. The van der Waals surface area contributed by atoms with Gasteiger partial charge in [-0.3, -0.25) is 0 Å². The lowest BCUT2D eigenvalue weighted by Crippen LogP contribution is -2.29. The summed E-state index contributed by atoms with van der Waals surface area (Å²) in [5, 5.41) is 0. The Morgan fingerprint density at radius 1 is 0.365 bits per heavy atom. The maximum absolute atomic E-state index is 2.38. The molecular weight excluding hydrogens is 625 g/mol. The Morgan fingerprint density at radius 2 is 0.596 bits per heavy atom. The fourth-order valence-corrected chi connectivity index (χ4v) is 5.67. The van der Waals surface area contributed by atoms with Crippen LogP contribution in [-0.2, 0) is 0 Å². The maximum atomic E-state index is 2.38. The van der Waals surface area contributed by atoms with Crippen LogP contribution in [0.15, 0.2) is 0 Å². The van der Waals surface area contributed by atoms with E-state index < -0.39 is 0 Å². The van der Waals surface area contributed by atoms with Gasteiger partial charge in [-0.05, 0) is 98.6 Å². The molecule has 0 spiro atoms. The SMILES string of the molecule is CC(C(C)(C)C)C(C)(C)C.CC(C)(C)C(C)(C)C.CC(C)(C)C1CCCC1.CC(C)(C)C1CCCCC1.CC(C)C(C)(C)C.CCC(C)C(C)(C)C. The summed E-state index contributed by atoms with van der Waals surface area (Å²) in [5.41, 5.74) is 3.92. The summed E-state index contributed by atoms with van der Waals surface area (Å²) in [7, 11) is 0. The van der Waals surface area contributed by atoms with Gasteiger partial charge in [0.05, 0.1) is 0 Å². The third-order valence-corrected chi connectivity index (χ3v) is 14.1. The summed E-state index contributed by atoms with van der Waals surface area (Å²) in [6, 6.07) is 0. The molecule has 2 saturated carbocycles. The molecule has 0 saturated heterocycles. The maximum Gasteiger partial charge on any atom is -0.0334 e. The van der Waals surface area contributed by atoms with Crippen LogP contribution in [0.4, 0.5) is 0 Å². The molecule has 1 unspecified atom stereocenters. The molecule has 2 aliphatic rings. The lowest BCUT2D eigenvalue weighted by atomic mass is 9.68. The van der Waals surface area contributed by atoms with Crippen LogP contribution in [0.5, 0.6) is 0 Å². The van der Waals surface area contributed by atoms with E-state index in [1.807, 2.05) is 0 Å². The van der Waals surface area contributed by atoms with E-state index in [1.165, 1.54) is 64.2 Å². The van der Waals surface area contributed by atoms with Gasteiger partial charge in [-0.1, -0.05) is 239 Å². The summed E-state index contributed by atoms with van der Waals surface area (Å²) >= 11 is 0. The highest BCUT2D eigenvalue weighted by molar-refractivity contribution is 4.81. The second-order valence-corrected chi connectivity index (χ2v) is 26.2. The molecule has 0 aromatic carbocycles. The quantitative estimate of drug-likeness (QED) is 0.251. The molecule has 0 N–H and O–H groups in total. The Morgan fingerprint density at radius 3 is 0.673 bits per heavy atom. The highest BCUT2D eigenvalue weighted by Gasteiger charge is 2.31. The van der Waals surface area contributed by atoms with Gasteiger partial charge < -0.3 is 0 Å². The van der Waals surface area contributed by atoms with Crippen LogP contribution in [0.2, 0.25) is 0 Å². The summed E-state index contributed by atoms with van der Waals surface area (Å²) in [4.78, 5) is 0. The van der Waals surface area contributed by atoms with E-state index in [2.05, 4.69) is 201 Å². The number of hydrogen-bond acceptors (Lipinski definition) is 0. The van der Waals surface area contributed by atoms with E-state index >= 15 is 0 Å².